The highest BCUT2D eigenvalue weighted by atomic mass is 16.3. The summed E-state index contributed by atoms with van der Waals surface area (Å²) in [6.45, 7) is -0.135. The number of aromatic nitrogens is 2. The lowest BCUT2D eigenvalue weighted by Gasteiger charge is -2.07. The Morgan fingerprint density at radius 3 is 2.69 bits per heavy atom. The van der Waals surface area contributed by atoms with E-state index < -0.39 is 0 Å². The molecule has 0 saturated carbocycles. The van der Waals surface area contributed by atoms with Crippen molar-refractivity contribution >= 4 is 0 Å². The second-order valence-electron chi connectivity index (χ2n) is 3.66. The van der Waals surface area contributed by atoms with E-state index in [0.717, 1.165) is 24.1 Å². The number of aliphatic hydroxyl groups is 1. The van der Waals surface area contributed by atoms with Crippen LogP contribution in [-0.4, -0.2) is 20.2 Å². The van der Waals surface area contributed by atoms with E-state index in [0.29, 0.717) is 5.56 Å². The summed E-state index contributed by atoms with van der Waals surface area (Å²) in [5.41, 5.74) is 2.46. The van der Waals surface area contributed by atoms with Gasteiger partial charge < -0.3 is 15.2 Å². The van der Waals surface area contributed by atoms with Crippen LogP contribution in [0, 0.1) is 0 Å². The Hall–Kier alpha value is -1.81. The fraction of sp³-hybridized carbons (Fsp3) is 0.250. The minimum Gasteiger partial charge on any atom is -0.507 e. The first-order valence-electron chi connectivity index (χ1n) is 5.19. The molecule has 1 aromatic heterocycles. The van der Waals surface area contributed by atoms with Crippen molar-refractivity contribution in [3.05, 3.63) is 47.5 Å². The van der Waals surface area contributed by atoms with Crippen molar-refractivity contribution in [3.8, 4) is 5.75 Å². The van der Waals surface area contributed by atoms with E-state index in [4.69, 9.17) is 5.11 Å². The molecule has 84 valence electrons. The highest BCUT2D eigenvalue weighted by molar-refractivity contribution is 5.40. The Balaban J connectivity index is 2.09. The SMILES string of the molecule is OCc1cccc(CCc2cnc[nH]2)c1O. The summed E-state index contributed by atoms with van der Waals surface area (Å²) in [4.78, 5) is 6.95. The molecule has 16 heavy (non-hydrogen) atoms. The number of imidazole rings is 1. The minimum absolute atomic E-state index is 0.135. The molecule has 2 rings (SSSR count). The van der Waals surface area contributed by atoms with E-state index in [-0.39, 0.29) is 12.4 Å². The van der Waals surface area contributed by atoms with E-state index in [1.807, 2.05) is 12.1 Å². The number of hydrogen-bond donors (Lipinski definition) is 3. The second kappa shape index (κ2) is 4.81. The zero-order chi connectivity index (χ0) is 11.4. The number of para-hydroxylation sites is 1. The molecular formula is C12H14N2O2. The molecule has 0 radical (unpaired) electrons. The van der Waals surface area contributed by atoms with E-state index >= 15 is 0 Å². The van der Waals surface area contributed by atoms with Gasteiger partial charge in [0.15, 0.2) is 0 Å². The normalized spacial score (nSPS) is 10.6. The van der Waals surface area contributed by atoms with Crippen LogP contribution in [0.3, 0.4) is 0 Å². The monoisotopic (exact) mass is 218 g/mol. The molecule has 0 spiro atoms. The maximum atomic E-state index is 9.83. The third-order valence-electron chi connectivity index (χ3n) is 2.59. The summed E-state index contributed by atoms with van der Waals surface area (Å²) >= 11 is 0. The molecule has 0 aliphatic rings. The van der Waals surface area contributed by atoms with Gasteiger partial charge in [0.05, 0.1) is 12.9 Å². The van der Waals surface area contributed by atoms with E-state index in [9.17, 15) is 5.11 Å². The zero-order valence-corrected chi connectivity index (χ0v) is 8.85. The smallest absolute Gasteiger partial charge is 0.124 e. The average Bonchev–Trinajstić information content (AvgIpc) is 2.81. The molecule has 0 atom stereocenters. The van der Waals surface area contributed by atoms with E-state index in [1.165, 1.54) is 0 Å². The van der Waals surface area contributed by atoms with Crippen LogP contribution in [0.25, 0.3) is 0 Å². The van der Waals surface area contributed by atoms with Gasteiger partial charge in [-0.05, 0) is 18.4 Å². The lowest BCUT2D eigenvalue weighted by atomic mass is 10.0. The molecule has 2 aromatic rings. The predicted molar refractivity (Wildman–Crippen MR) is 60.0 cm³/mol. The first-order chi connectivity index (χ1) is 7.81. The largest absolute Gasteiger partial charge is 0.507 e. The highest BCUT2D eigenvalue weighted by Crippen LogP contribution is 2.23. The molecule has 4 heteroatoms. The fourth-order valence-electron chi connectivity index (χ4n) is 1.66. The van der Waals surface area contributed by atoms with Crippen molar-refractivity contribution in [2.24, 2.45) is 0 Å². The van der Waals surface area contributed by atoms with Crippen LogP contribution < -0.4 is 0 Å². The predicted octanol–water partition coefficient (Wildman–Crippen LogP) is 1.39. The maximum absolute atomic E-state index is 9.83. The molecule has 1 heterocycles. The van der Waals surface area contributed by atoms with Crippen LogP contribution in [0.4, 0.5) is 0 Å². The molecule has 4 nitrogen and oxygen atoms in total. The lowest BCUT2D eigenvalue weighted by Crippen LogP contribution is -1.94. The standard InChI is InChI=1S/C12H14N2O2/c15-7-10-3-1-2-9(12(10)16)4-5-11-6-13-8-14-11/h1-3,6,8,15-16H,4-5,7H2,(H,13,14). The zero-order valence-electron chi connectivity index (χ0n) is 8.85. The first-order valence-corrected chi connectivity index (χ1v) is 5.19. The van der Waals surface area contributed by atoms with Gasteiger partial charge in [-0.1, -0.05) is 18.2 Å². The number of nitrogens with one attached hydrogen (secondary N) is 1. The number of rotatable bonds is 4. The van der Waals surface area contributed by atoms with Gasteiger partial charge in [-0.2, -0.15) is 0 Å². The Kier molecular flexibility index (Phi) is 3.22. The van der Waals surface area contributed by atoms with Gasteiger partial charge >= 0.3 is 0 Å². The fourth-order valence-corrected chi connectivity index (χ4v) is 1.66. The third-order valence-corrected chi connectivity index (χ3v) is 2.59. The van der Waals surface area contributed by atoms with Crippen molar-refractivity contribution in [3.63, 3.8) is 0 Å². The number of aliphatic hydroxyl groups excluding tert-OH is 1. The molecule has 0 amide bonds. The summed E-state index contributed by atoms with van der Waals surface area (Å²) < 4.78 is 0. The summed E-state index contributed by atoms with van der Waals surface area (Å²) in [5.74, 6) is 0.199. The first kappa shape index (κ1) is 10.7. The number of nitrogens with zero attached hydrogens (tertiary/aromatic N) is 1. The maximum Gasteiger partial charge on any atom is 0.124 e. The van der Waals surface area contributed by atoms with Crippen LogP contribution in [0.5, 0.6) is 5.75 Å². The Bertz CT molecular complexity index is 452. The molecule has 1 aromatic carbocycles. The molecule has 0 aliphatic heterocycles. The Morgan fingerprint density at radius 2 is 2.00 bits per heavy atom. The van der Waals surface area contributed by atoms with Crippen LogP contribution in [0.1, 0.15) is 16.8 Å². The average molecular weight is 218 g/mol. The Labute approximate surface area is 93.6 Å². The molecule has 0 bridgehead atoms. The summed E-state index contributed by atoms with van der Waals surface area (Å²) in [6.07, 6.45) is 4.93. The minimum atomic E-state index is -0.135. The number of H-pyrrole nitrogens is 1. The number of aryl methyl sites for hydroxylation is 2. The van der Waals surface area contributed by atoms with Gasteiger partial charge in [-0.15, -0.1) is 0 Å². The van der Waals surface area contributed by atoms with Crippen molar-refractivity contribution < 1.29 is 10.2 Å². The van der Waals surface area contributed by atoms with Gasteiger partial charge in [0.2, 0.25) is 0 Å². The van der Waals surface area contributed by atoms with Crippen LogP contribution in [0.2, 0.25) is 0 Å². The Morgan fingerprint density at radius 1 is 1.19 bits per heavy atom. The van der Waals surface area contributed by atoms with E-state index in [2.05, 4.69) is 9.97 Å². The van der Waals surface area contributed by atoms with Gasteiger partial charge in [0.25, 0.3) is 0 Å². The molecule has 0 unspecified atom stereocenters. The van der Waals surface area contributed by atoms with Crippen LogP contribution in [0.15, 0.2) is 30.7 Å². The van der Waals surface area contributed by atoms with Crippen molar-refractivity contribution in [1.29, 1.82) is 0 Å². The topological polar surface area (TPSA) is 69.1 Å². The highest BCUT2D eigenvalue weighted by Gasteiger charge is 2.06. The van der Waals surface area contributed by atoms with Gasteiger partial charge in [0.1, 0.15) is 5.75 Å². The molecule has 0 saturated heterocycles. The number of hydrogen-bond acceptors (Lipinski definition) is 3. The third kappa shape index (κ3) is 2.23. The number of benzene rings is 1. The second-order valence-corrected chi connectivity index (χ2v) is 3.66. The molecule has 3 N–H and O–H groups in total. The van der Waals surface area contributed by atoms with Crippen molar-refractivity contribution in [1.82, 2.24) is 9.97 Å². The quantitative estimate of drug-likeness (QED) is 0.726. The van der Waals surface area contributed by atoms with Crippen molar-refractivity contribution in [2.45, 2.75) is 19.4 Å². The van der Waals surface area contributed by atoms with Crippen LogP contribution >= 0.6 is 0 Å². The molecule has 0 aliphatic carbocycles. The van der Waals surface area contributed by atoms with Crippen molar-refractivity contribution in [2.75, 3.05) is 0 Å². The van der Waals surface area contributed by atoms with Crippen LogP contribution in [-0.2, 0) is 19.4 Å². The number of aromatic amines is 1. The van der Waals surface area contributed by atoms with Gasteiger partial charge in [-0.3, -0.25) is 0 Å². The molecular weight excluding hydrogens is 204 g/mol. The van der Waals surface area contributed by atoms with Gasteiger partial charge in [0, 0.05) is 17.5 Å². The summed E-state index contributed by atoms with van der Waals surface area (Å²) in [6, 6.07) is 5.42. The number of aromatic hydroxyl groups is 1. The van der Waals surface area contributed by atoms with E-state index in [1.54, 1.807) is 18.6 Å². The summed E-state index contributed by atoms with van der Waals surface area (Å²) in [7, 11) is 0. The lowest BCUT2D eigenvalue weighted by molar-refractivity contribution is 0.275. The molecule has 0 fully saturated rings. The van der Waals surface area contributed by atoms with Gasteiger partial charge in [-0.25, -0.2) is 4.98 Å². The number of phenols is 1. The summed E-state index contributed by atoms with van der Waals surface area (Å²) in [5, 5.41) is 18.9.